The predicted octanol–water partition coefficient (Wildman–Crippen LogP) is 3.18. The van der Waals surface area contributed by atoms with Crippen molar-refractivity contribution in [1.29, 1.82) is 0 Å². The second kappa shape index (κ2) is 6.80. The molecule has 1 aromatic carbocycles. The summed E-state index contributed by atoms with van der Waals surface area (Å²) in [5.41, 5.74) is 2.79. The zero-order valence-electron chi connectivity index (χ0n) is 13.5. The van der Waals surface area contributed by atoms with Crippen LogP contribution in [-0.4, -0.2) is 48.1 Å². The highest BCUT2D eigenvalue weighted by molar-refractivity contribution is 5.52. The lowest BCUT2D eigenvalue weighted by Crippen LogP contribution is -2.34. The molecule has 21 heavy (non-hydrogen) atoms. The van der Waals surface area contributed by atoms with Crippen LogP contribution in [0.3, 0.4) is 0 Å². The van der Waals surface area contributed by atoms with E-state index in [0.29, 0.717) is 6.04 Å². The fourth-order valence-electron chi connectivity index (χ4n) is 3.94. The molecule has 0 aromatic heterocycles. The molecule has 0 bridgehead atoms. The normalized spacial score (nSPS) is 25.5. The van der Waals surface area contributed by atoms with Crippen LogP contribution in [0.5, 0.6) is 0 Å². The van der Waals surface area contributed by atoms with Crippen molar-refractivity contribution in [3.8, 4) is 0 Å². The minimum atomic E-state index is 0.644. The van der Waals surface area contributed by atoms with Crippen LogP contribution in [0.15, 0.2) is 24.3 Å². The minimum Gasteiger partial charge on any atom is -0.380 e. The van der Waals surface area contributed by atoms with Crippen LogP contribution in [0, 0.1) is 0 Å². The van der Waals surface area contributed by atoms with E-state index in [-0.39, 0.29) is 0 Å². The average molecular weight is 287 g/mol. The number of nitrogens with zero attached hydrogens (tertiary/aromatic N) is 2. The number of fused-ring (bicyclic) bond motifs is 1. The van der Waals surface area contributed by atoms with Crippen LogP contribution in [0.1, 0.15) is 38.7 Å². The van der Waals surface area contributed by atoms with Crippen molar-refractivity contribution in [2.24, 2.45) is 0 Å². The molecule has 3 rings (SSSR count). The molecule has 2 atom stereocenters. The van der Waals surface area contributed by atoms with E-state index < -0.39 is 0 Å². The predicted molar refractivity (Wildman–Crippen MR) is 89.7 cm³/mol. The number of para-hydroxylation sites is 1. The summed E-state index contributed by atoms with van der Waals surface area (Å²) in [6, 6.07) is 10.3. The second-order valence-corrected chi connectivity index (χ2v) is 6.40. The lowest BCUT2D eigenvalue weighted by molar-refractivity contribution is 0.296. The number of nitrogens with one attached hydrogen (secondary N) is 1. The van der Waals surface area contributed by atoms with Crippen LogP contribution in [0.4, 0.5) is 5.69 Å². The summed E-state index contributed by atoms with van der Waals surface area (Å²) in [6.07, 6.45) is 4.05. The third-order valence-electron chi connectivity index (χ3n) is 5.25. The van der Waals surface area contributed by atoms with Gasteiger partial charge in [0.2, 0.25) is 0 Å². The molecule has 3 heteroatoms. The summed E-state index contributed by atoms with van der Waals surface area (Å²) in [6.45, 7) is 10.4. The van der Waals surface area contributed by atoms with Crippen molar-refractivity contribution in [1.82, 2.24) is 9.80 Å². The first-order chi connectivity index (χ1) is 10.3. The molecule has 2 unspecified atom stereocenters. The number of hydrogen-bond acceptors (Lipinski definition) is 3. The third-order valence-corrected chi connectivity index (χ3v) is 5.25. The molecule has 2 aliphatic heterocycles. The van der Waals surface area contributed by atoms with E-state index in [1.807, 2.05) is 0 Å². The molecular weight excluding hydrogens is 258 g/mol. The smallest absolute Gasteiger partial charge is 0.0429 e. The second-order valence-electron chi connectivity index (χ2n) is 6.40. The van der Waals surface area contributed by atoms with E-state index in [4.69, 9.17) is 0 Å². The summed E-state index contributed by atoms with van der Waals surface area (Å²) < 4.78 is 0. The maximum Gasteiger partial charge on any atom is 0.0429 e. The number of benzene rings is 1. The first kappa shape index (κ1) is 14.9. The summed E-state index contributed by atoms with van der Waals surface area (Å²) in [5, 5.41) is 3.87. The van der Waals surface area contributed by atoms with Crippen LogP contribution >= 0.6 is 0 Å². The first-order valence-electron chi connectivity index (χ1n) is 8.62. The molecule has 2 saturated heterocycles. The van der Waals surface area contributed by atoms with Gasteiger partial charge in [-0.1, -0.05) is 32.0 Å². The molecule has 0 amide bonds. The molecule has 116 valence electrons. The summed E-state index contributed by atoms with van der Waals surface area (Å²) in [7, 11) is 0. The molecule has 1 N–H and O–H groups in total. The van der Waals surface area contributed by atoms with Gasteiger partial charge < -0.3 is 5.32 Å². The van der Waals surface area contributed by atoms with Gasteiger partial charge in [-0.3, -0.25) is 9.80 Å². The Morgan fingerprint density at radius 2 is 1.95 bits per heavy atom. The Balaban J connectivity index is 1.70. The molecule has 2 aliphatic rings. The van der Waals surface area contributed by atoms with E-state index >= 15 is 0 Å². The number of rotatable bonds is 6. The molecule has 3 nitrogen and oxygen atoms in total. The van der Waals surface area contributed by atoms with Gasteiger partial charge in [0.05, 0.1) is 0 Å². The van der Waals surface area contributed by atoms with Gasteiger partial charge in [-0.05, 0) is 50.5 Å². The van der Waals surface area contributed by atoms with Gasteiger partial charge in [-0.2, -0.15) is 0 Å². The minimum absolute atomic E-state index is 0.644. The molecule has 2 heterocycles. The average Bonchev–Trinajstić information content (AvgIpc) is 3.11. The van der Waals surface area contributed by atoms with Gasteiger partial charge >= 0.3 is 0 Å². The summed E-state index contributed by atoms with van der Waals surface area (Å²) in [5.74, 6) is 0. The van der Waals surface area contributed by atoms with Crippen LogP contribution < -0.4 is 5.32 Å². The fraction of sp³-hybridized carbons (Fsp3) is 0.667. The Morgan fingerprint density at radius 3 is 2.76 bits per heavy atom. The van der Waals surface area contributed by atoms with Crippen molar-refractivity contribution in [2.45, 2.75) is 51.7 Å². The van der Waals surface area contributed by atoms with Crippen LogP contribution in [0.25, 0.3) is 0 Å². The van der Waals surface area contributed by atoms with Crippen molar-refractivity contribution < 1.29 is 0 Å². The van der Waals surface area contributed by atoms with Gasteiger partial charge in [0.1, 0.15) is 0 Å². The quantitative estimate of drug-likeness (QED) is 0.867. The molecule has 0 radical (unpaired) electrons. The van der Waals surface area contributed by atoms with Crippen LogP contribution in [0.2, 0.25) is 0 Å². The topological polar surface area (TPSA) is 18.5 Å². The molecule has 2 fully saturated rings. The number of anilines is 1. The zero-order valence-corrected chi connectivity index (χ0v) is 13.5. The highest BCUT2D eigenvalue weighted by Gasteiger charge is 2.37. The van der Waals surface area contributed by atoms with E-state index in [1.54, 1.807) is 0 Å². The van der Waals surface area contributed by atoms with E-state index in [1.165, 1.54) is 43.6 Å². The van der Waals surface area contributed by atoms with Gasteiger partial charge in [0, 0.05) is 30.9 Å². The summed E-state index contributed by atoms with van der Waals surface area (Å²) >= 11 is 0. The van der Waals surface area contributed by atoms with Gasteiger partial charge in [0.25, 0.3) is 0 Å². The Bertz CT molecular complexity index is 456. The van der Waals surface area contributed by atoms with E-state index in [0.717, 1.165) is 25.7 Å². The van der Waals surface area contributed by atoms with E-state index in [9.17, 15) is 0 Å². The van der Waals surface area contributed by atoms with Gasteiger partial charge in [0.15, 0.2) is 0 Å². The Kier molecular flexibility index (Phi) is 4.81. The Hall–Kier alpha value is -1.06. The third kappa shape index (κ3) is 3.24. The van der Waals surface area contributed by atoms with Crippen molar-refractivity contribution in [2.75, 3.05) is 31.5 Å². The SMILES string of the molecule is CCN(CC)Cc1ccccc1NC1CCN2CCCC12. The number of hydrogen-bond donors (Lipinski definition) is 1. The molecular formula is C18H29N3. The van der Waals surface area contributed by atoms with Crippen LogP contribution in [-0.2, 0) is 6.54 Å². The maximum absolute atomic E-state index is 3.87. The highest BCUT2D eigenvalue weighted by Crippen LogP contribution is 2.31. The van der Waals surface area contributed by atoms with Crippen molar-refractivity contribution >= 4 is 5.69 Å². The van der Waals surface area contributed by atoms with Gasteiger partial charge in [-0.15, -0.1) is 0 Å². The maximum atomic E-state index is 3.87. The first-order valence-corrected chi connectivity index (χ1v) is 8.62. The van der Waals surface area contributed by atoms with E-state index in [2.05, 4.69) is 53.2 Å². The standard InChI is InChI=1S/C18H29N3/c1-3-20(4-2)14-15-8-5-6-9-16(15)19-17-11-13-21-12-7-10-18(17)21/h5-6,8-9,17-19H,3-4,7,10-14H2,1-2H3. The molecule has 0 spiro atoms. The molecule has 0 saturated carbocycles. The largest absolute Gasteiger partial charge is 0.380 e. The Morgan fingerprint density at radius 1 is 1.14 bits per heavy atom. The zero-order chi connectivity index (χ0) is 14.7. The molecule has 1 aromatic rings. The fourth-order valence-corrected chi connectivity index (χ4v) is 3.94. The monoisotopic (exact) mass is 287 g/mol. The lowest BCUT2D eigenvalue weighted by atomic mass is 10.0. The van der Waals surface area contributed by atoms with Gasteiger partial charge in [-0.25, -0.2) is 0 Å². The Labute approximate surface area is 129 Å². The molecule has 0 aliphatic carbocycles. The van der Waals surface area contributed by atoms with Crippen molar-refractivity contribution in [3.63, 3.8) is 0 Å². The highest BCUT2D eigenvalue weighted by atomic mass is 15.2. The van der Waals surface area contributed by atoms with Crippen molar-refractivity contribution in [3.05, 3.63) is 29.8 Å². The summed E-state index contributed by atoms with van der Waals surface area (Å²) in [4.78, 5) is 5.15. The lowest BCUT2D eigenvalue weighted by Gasteiger charge is -2.25.